The molecule has 0 radical (unpaired) electrons. The average molecular weight is 361 g/mol. The second-order valence-electron chi connectivity index (χ2n) is 5.70. The van der Waals surface area contributed by atoms with Gasteiger partial charge in [0.2, 0.25) is 10.0 Å². The number of ketones is 1. The summed E-state index contributed by atoms with van der Waals surface area (Å²) in [6.45, 7) is 3.33. The standard InChI is InChI=1S/C18H19NO5S/c1-12-5-4-6-16(13(12)2)18(21)24-11-17(20)14-7-9-15(10-8-14)19-25(3,22)23/h4-10,19H,11H2,1-3H3. The lowest BCUT2D eigenvalue weighted by molar-refractivity contribution is 0.0474. The molecular formula is C18H19NO5S. The third kappa shape index (κ3) is 5.15. The van der Waals surface area contributed by atoms with Gasteiger partial charge in [-0.15, -0.1) is 0 Å². The molecule has 1 N–H and O–H groups in total. The third-order valence-corrected chi connectivity index (χ3v) is 4.28. The Labute approximate surface area is 146 Å². The molecule has 2 aromatic rings. The van der Waals surface area contributed by atoms with Crippen LogP contribution in [0.1, 0.15) is 31.8 Å². The van der Waals surface area contributed by atoms with Gasteiger partial charge in [-0.2, -0.15) is 0 Å². The SMILES string of the molecule is Cc1cccc(C(=O)OCC(=O)c2ccc(NS(C)(=O)=O)cc2)c1C. The number of ether oxygens (including phenoxy) is 1. The highest BCUT2D eigenvalue weighted by Gasteiger charge is 2.14. The highest BCUT2D eigenvalue weighted by atomic mass is 32.2. The second kappa shape index (κ2) is 7.48. The number of sulfonamides is 1. The van der Waals surface area contributed by atoms with E-state index in [9.17, 15) is 18.0 Å². The molecular weight excluding hydrogens is 342 g/mol. The van der Waals surface area contributed by atoms with Crippen LogP contribution in [0.15, 0.2) is 42.5 Å². The molecule has 0 aliphatic heterocycles. The number of esters is 1. The van der Waals surface area contributed by atoms with Crippen molar-refractivity contribution in [3.63, 3.8) is 0 Å². The maximum atomic E-state index is 12.1. The van der Waals surface area contributed by atoms with Crippen LogP contribution in [0.2, 0.25) is 0 Å². The zero-order chi connectivity index (χ0) is 18.6. The summed E-state index contributed by atoms with van der Waals surface area (Å²) in [7, 11) is -3.37. The summed E-state index contributed by atoms with van der Waals surface area (Å²) in [6.07, 6.45) is 1.04. The van der Waals surface area contributed by atoms with E-state index in [2.05, 4.69) is 4.72 Å². The summed E-state index contributed by atoms with van der Waals surface area (Å²) in [6, 6.07) is 11.2. The van der Waals surface area contributed by atoms with E-state index in [1.165, 1.54) is 24.3 Å². The fourth-order valence-corrected chi connectivity index (χ4v) is 2.77. The quantitative estimate of drug-likeness (QED) is 0.631. The van der Waals surface area contributed by atoms with Gasteiger partial charge in [0, 0.05) is 11.3 Å². The van der Waals surface area contributed by atoms with Crippen LogP contribution in [0.5, 0.6) is 0 Å². The molecule has 2 aromatic carbocycles. The maximum Gasteiger partial charge on any atom is 0.338 e. The highest BCUT2D eigenvalue weighted by molar-refractivity contribution is 7.92. The molecule has 25 heavy (non-hydrogen) atoms. The van der Waals surface area contributed by atoms with E-state index >= 15 is 0 Å². The Morgan fingerprint density at radius 1 is 1.04 bits per heavy atom. The molecule has 0 fully saturated rings. The van der Waals surface area contributed by atoms with Crippen molar-refractivity contribution in [3.8, 4) is 0 Å². The van der Waals surface area contributed by atoms with E-state index in [4.69, 9.17) is 4.74 Å². The summed E-state index contributed by atoms with van der Waals surface area (Å²) in [5.41, 5.74) is 2.89. The number of hydrogen-bond acceptors (Lipinski definition) is 5. The van der Waals surface area contributed by atoms with Gasteiger partial charge in [-0.3, -0.25) is 9.52 Å². The van der Waals surface area contributed by atoms with Crippen molar-refractivity contribution in [3.05, 3.63) is 64.7 Å². The number of nitrogens with one attached hydrogen (secondary N) is 1. The molecule has 0 aliphatic rings. The zero-order valence-electron chi connectivity index (χ0n) is 14.2. The lowest BCUT2D eigenvalue weighted by Gasteiger charge is -2.09. The van der Waals surface area contributed by atoms with Gasteiger partial charge < -0.3 is 4.74 Å². The van der Waals surface area contributed by atoms with Crippen LogP contribution >= 0.6 is 0 Å². The normalized spacial score (nSPS) is 11.0. The van der Waals surface area contributed by atoms with Gasteiger partial charge in [0.15, 0.2) is 12.4 Å². The number of carbonyl (C=O) groups is 2. The molecule has 6 nitrogen and oxygen atoms in total. The van der Waals surface area contributed by atoms with Gasteiger partial charge >= 0.3 is 5.97 Å². The van der Waals surface area contributed by atoms with Crippen molar-refractivity contribution < 1.29 is 22.7 Å². The Morgan fingerprint density at radius 3 is 2.28 bits per heavy atom. The number of anilines is 1. The Hall–Kier alpha value is -2.67. The monoisotopic (exact) mass is 361 g/mol. The maximum absolute atomic E-state index is 12.1. The molecule has 0 aromatic heterocycles. The minimum Gasteiger partial charge on any atom is -0.454 e. The van der Waals surface area contributed by atoms with Gasteiger partial charge in [0.05, 0.1) is 11.8 Å². The number of rotatable bonds is 6. The van der Waals surface area contributed by atoms with Gasteiger partial charge in [-0.25, -0.2) is 13.2 Å². The van der Waals surface area contributed by atoms with E-state index in [0.29, 0.717) is 16.8 Å². The molecule has 0 atom stereocenters. The molecule has 0 unspecified atom stereocenters. The highest BCUT2D eigenvalue weighted by Crippen LogP contribution is 2.15. The first-order chi connectivity index (χ1) is 11.7. The van der Waals surface area contributed by atoms with Crippen LogP contribution in [0.3, 0.4) is 0 Å². The van der Waals surface area contributed by atoms with E-state index in [1.807, 2.05) is 19.9 Å². The molecule has 0 bridgehead atoms. The fraction of sp³-hybridized carbons (Fsp3) is 0.222. The summed E-state index contributed by atoms with van der Waals surface area (Å²) < 4.78 is 29.7. The third-order valence-electron chi connectivity index (χ3n) is 3.67. The number of hydrogen-bond donors (Lipinski definition) is 1. The summed E-state index contributed by atoms with van der Waals surface area (Å²) in [4.78, 5) is 24.2. The number of Topliss-reactive ketones (excluding diaryl/α,β-unsaturated/α-hetero) is 1. The predicted octanol–water partition coefficient (Wildman–Crippen LogP) is 2.71. The average Bonchev–Trinajstić information content (AvgIpc) is 2.54. The molecule has 132 valence electrons. The topological polar surface area (TPSA) is 89.5 Å². The van der Waals surface area contributed by atoms with E-state index < -0.39 is 16.0 Å². The van der Waals surface area contributed by atoms with Crippen LogP contribution in [0.25, 0.3) is 0 Å². The smallest absolute Gasteiger partial charge is 0.338 e. The minimum atomic E-state index is -3.37. The van der Waals surface area contributed by atoms with E-state index in [-0.39, 0.29) is 12.4 Å². The first kappa shape index (κ1) is 18.7. The summed E-state index contributed by atoms with van der Waals surface area (Å²) in [5, 5.41) is 0. The molecule has 0 spiro atoms. The second-order valence-corrected chi connectivity index (χ2v) is 7.45. The van der Waals surface area contributed by atoms with Gasteiger partial charge in [-0.1, -0.05) is 12.1 Å². The Balaban J connectivity index is 2.00. The number of aryl methyl sites for hydroxylation is 1. The van der Waals surface area contributed by atoms with Gasteiger partial charge in [-0.05, 0) is 55.3 Å². The van der Waals surface area contributed by atoms with Gasteiger partial charge in [0.1, 0.15) is 0 Å². The van der Waals surface area contributed by atoms with Crippen LogP contribution < -0.4 is 4.72 Å². The number of carbonyl (C=O) groups excluding carboxylic acids is 2. The van der Waals surface area contributed by atoms with Crippen LogP contribution in [0, 0.1) is 13.8 Å². The van der Waals surface area contributed by atoms with Crippen molar-refractivity contribution in [2.75, 3.05) is 17.6 Å². The van der Waals surface area contributed by atoms with E-state index in [1.54, 1.807) is 12.1 Å². The zero-order valence-corrected chi connectivity index (χ0v) is 15.0. The Bertz CT molecular complexity index is 902. The molecule has 7 heteroatoms. The first-order valence-corrected chi connectivity index (χ1v) is 9.41. The molecule has 0 amide bonds. The molecule has 0 heterocycles. The lowest BCUT2D eigenvalue weighted by Crippen LogP contribution is -2.15. The number of benzene rings is 2. The first-order valence-electron chi connectivity index (χ1n) is 7.52. The Kier molecular flexibility index (Phi) is 5.58. The Morgan fingerprint density at radius 2 is 1.68 bits per heavy atom. The van der Waals surface area contributed by atoms with Crippen molar-refractivity contribution >= 4 is 27.5 Å². The van der Waals surface area contributed by atoms with E-state index in [0.717, 1.165) is 17.4 Å². The summed E-state index contributed by atoms with van der Waals surface area (Å²) in [5.74, 6) is -0.922. The van der Waals surface area contributed by atoms with Crippen molar-refractivity contribution in [2.45, 2.75) is 13.8 Å². The van der Waals surface area contributed by atoms with Crippen LogP contribution in [-0.4, -0.2) is 33.0 Å². The predicted molar refractivity (Wildman–Crippen MR) is 95.4 cm³/mol. The summed E-state index contributed by atoms with van der Waals surface area (Å²) >= 11 is 0. The lowest BCUT2D eigenvalue weighted by atomic mass is 10.0. The fourth-order valence-electron chi connectivity index (χ4n) is 2.20. The largest absolute Gasteiger partial charge is 0.454 e. The van der Waals surface area contributed by atoms with Crippen molar-refractivity contribution in [1.29, 1.82) is 0 Å². The van der Waals surface area contributed by atoms with Crippen molar-refractivity contribution in [1.82, 2.24) is 0 Å². The minimum absolute atomic E-state index is 0.327. The van der Waals surface area contributed by atoms with Crippen molar-refractivity contribution in [2.24, 2.45) is 0 Å². The molecule has 0 saturated heterocycles. The van der Waals surface area contributed by atoms with Gasteiger partial charge in [0.25, 0.3) is 0 Å². The van der Waals surface area contributed by atoms with Crippen LogP contribution in [0.4, 0.5) is 5.69 Å². The molecule has 0 saturated carbocycles. The van der Waals surface area contributed by atoms with Crippen LogP contribution in [-0.2, 0) is 14.8 Å². The molecule has 2 rings (SSSR count). The molecule has 0 aliphatic carbocycles.